The topological polar surface area (TPSA) is 41.1 Å². The highest BCUT2D eigenvalue weighted by atomic mass is 16.2. The second-order valence-corrected chi connectivity index (χ2v) is 6.60. The van der Waals surface area contributed by atoms with E-state index >= 15 is 0 Å². The second-order valence-electron chi connectivity index (χ2n) is 6.60. The molecule has 0 radical (unpaired) electrons. The maximum atomic E-state index is 12.4. The van der Waals surface area contributed by atoms with Crippen molar-refractivity contribution in [3.63, 3.8) is 0 Å². The van der Waals surface area contributed by atoms with Crippen molar-refractivity contribution in [1.29, 1.82) is 0 Å². The number of hydrogen-bond donors (Lipinski definition) is 2. The second kappa shape index (κ2) is 7.28. The Balaban J connectivity index is 1.83. The predicted molar refractivity (Wildman–Crippen MR) is 79.0 cm³/mol. The fourth-order valence-electron chi connectivity index (χ4n) is 3.64. The van der Waals surface area contributed by atoms with E-state index in [0.717, 1.165) is 6.54 Å². The zero-order valence-electron chi connectivity index (χ0n) is 12.6. The average molecular weight is 266 g/mol. The lowest BCUT2D eigenvalue weighted by Crippen LogP contribution is -2.53. The van der Waals surface area contributed by atoms with Gasteiger partial charge in [0.25, 0.3) is 0 Å². The molecule has 1 saturated carbocycles. The first kappa shape index (κ1) is 14.8. The number of nitrogens with one attached hydrogen (secondary N) is 2. The number of carbonyl (C=O) groups is 1. The van der Waals surface area contributed by atoms with Crippen LogP contribution in [0.3, 0.4) is 0 Å². The molecule has 2 fully saturated rings. The summed E-state index contributed by atoms with van der Waals surface area (Å²) in [5, 5.41) is 6.65. The molecule has 2 rings (SSSR count). The Morgan fingerprint density at radius 2 is 1.79 bits per heavy atom. The Morgan fingerprint density at radius 1 is 1.11 bits per heavy atom. The van der Waals surface area contributed by atoms with E-state index in [1.54, 1.807) is 0 Å². The van der Waals surface area contributed by atoms with Crippen LogP contribution in [0, 0.1) is 11.8 Å². The van der Waals surface area contributed by atoms with Gasteiger partial charge in [-0.15, -0.1) is 0 Å². The largest absolute Gasteiger partial charge is 0.352 e. The third-order valence-corrected chi connectivity index (χ3v) is 5.03. The minimum Gasteiger partial charge on any atom is -0.352 e. The first-order valence-corrected chi connectivity index (χ1v) is 8.22. The van der Waals surface area contributed by atoms with Crippen LogP contribution in [-0.4, -0.2) is 24.5 Å². The van der Waals surface area contributed by atoms with Crippen molar-refractivity contribution in [2.75, 3.05) is 6.54 Å². The first-order valence-electron chi connectivity index (χ1n) is 8.22. The van der Waals surface area contributed by atoms with Crippen LogP contribution in [0.2, 0.25) is 0 Å². The summed E-state index contributed by atoms with van der Waals surface area (Å²) in [6.45, 7) is 5.37. The summed E-state index contributed by atoms with van der Waals surface area (Å²) in [5.41, 5.74) is 0. The van der Waals surface area contributed by atoms with Crippen molar-refractivity contribution >= 4 is 5.91 Å². The first-order chi connectivity index (χ1) is 9.18. The summed E-state index contributed by atoms with van der Waals surface area (Å²) < 4.78 is 0. The van der Waals surface area contributed by atoms with Gasteiger partial charge in [-0.1, -0.05) is 32.6 Å². The number of piperidine rings is 1. The zero-order chi connectivity index (χ0) is 13.7. The number of amides is 1. The fraction of sp³-hybridized carbons (Fsp3) is 0.938. The van der Waals surface area contributed by atoms with E-state index in [-0.39, 0.29) is 11.9 Å². The van der Waals surface area contributed by atoms with E-state index in [1.807, 2.05) is 0 Å². The van der Waals surface area contributed by atoms with Crippen LogP contribution in [0.1, 0.15) is 65.2 Å². The molecule has 1 amide bonds. The maximum Gasteiger partial charge on any atom is 0.237 e. The summed E-state index contributed by atoms with van der Waals surface area (Å²) in [5.74, 6) is 1.38. The van der Waals surface area contributed by atoms with E-state index in [0.29, 0.717) is 17.9 Å². The van der Waals surface area contributed by atoms with Gasteiger partial charge in [-0.2, -0.15) is 0 Å². The molecule has 0 aromatic rings. The van der Waals surface area contributed by atoms with Crippen LogP contribution in [0.15, 0.2) is 0 Å². The molecule has 2 unspecified atom stereocenters. The molecule has 1 aliphatic heterocycles. The lowest BCUT2D eigenvalue weighted by Gasteiger charge is -2.31. The molecule has 1 aliphatic carbocycles. The Bertz CT molecular complexity index is 284. The van der Waals surface area contributed by atoms with Crippen molar-refractivity contribution in [3.05, 3.63) is 0 Å². The van der Waals surface area contributed by atoms with Gasteiger partial charge < -0.3 is 10.6 Å². The van der Waals surface area contributed by atoms with Gasteiger partial charge in [0.15, 0.2) is 0 Å². The maximum absolute atomic E-state index is 12.4. The summed E-state index contributed by atoms with van der Waals surface area (Å²) in [6, 6.07) is 0.364. The number of carbonyl (C=O) groups excluding carboxylic acids is 1. The van der Waals surface area contributed by atoms with Gasteiger partial charge in [0.1, 0.15) is 0 Å². The Morgan fingerprint density at radius 3 is 2.42 bits per heavy atom. The van der Waals surface area contributed by atoms with E-state index in [2.05, 4.69) is 24.5 Å². The summed E-state index contributed by atoms with van der Waals surface area (Å²) >= 11 is 0. The molecule has 3 atom stereocenters. The Labute approximate surface area is 117 Å². The molecule has 1 saturated heterocycles. The molecule has 2 aliphatic rings. The van der Waals surface area contributed by atoms with Crippen LogP contribution in [0.5, 0.6) is 0 Å². The van der Waals surface area contributed by atoms with Gasteiger partial charge in [-0.25, -0.2) is 0 Å². The van der Waals surface area contributed by atoms with E-state index < -0.39 is 0 Å². The molecule has 110 valence electrons. The summed E-state index contributed by atoms with van der Waals surface area (Å²) in [6.07, 6.45) is 10.4. The molecule has 3 heteroatoms. The van der Waals surface area contributed by atoms with Crippen molar-refractivity contribution in [3.8, 4) is 0 Å². The minimum absolute atomic E-state index is 0.0296. The van der Waals surface area contributed by atoms with E-state index in [1.165, 1.54) is 51.4 Å². The quantitative estimate of drug-likeness (QED) is 0.771. The smallest absolute Gasteiger partial charge is 0.237 e. The van der Waals surface area contributed by atoms with E-state index in [4.69, 9.17) is 0 Å². The lowest BCUT2D eigenvalue weighted by atomic mass is 9.90. The molecule has 19 heavy (non-hydrogen) atoms. The summed E-state index contributed by atoms with van der Waals surface area (Å²) in [4.78, 5) is 12.4. The molecule has 1 heterocycles. The monoisotopic (exact) mass is 266 g/mol. The molecule has 2 N–H and O–H groups in total. The third kappa shape index (κ3) is 4.20. The molecule has 0 aromatic carbocycles. The van der Waals surface area contributed by atoms with Crippen LogP contribution in [-0.2, 0) is 4.79 Å². The molecular weight excluding hydrogens is 236 g/mol. The van der Waals surface area contributed by atoms with Crippen molar-refractivity contribution in [2.45, 2.75) is 77.3 Å². The standard InChI is InChI=1S/C16H30N2O/c1-12-8-7-11-17-15(12)16(19)18-13(2)14-9-5-3-4-6-10-14/h12-15,17H,3-11H2,1-2H3,(H,18,19)/t12?,13-,15?/m1/s1. The molecule has 0 spiro atoms. The predicted octanol–water partition coefficient (Wildman–Crippen LogP) is 2.85. The molecule has 0 bridgehead atoms. The highest BCUT2D eigenvalue weighted by molar-refractivity contribution is 5.82. The van der Waals surface area contributed by atoms with Gasteiger partial charge in [0.05, 0.1) is 6.04 Å². The average Bonchev–Trinajstić information content (AvgIpc) is 2.68. The van der Waals surface area contributed by atoms with Gasteiger partial charge in [-0.05, 0) is 51.0 Å². The number of hydrogen-bond acceptors (Lipinski definition) is 2. The summed E-state index contributed by atoms with van der Waals surface area (Å²) in [7, 11) is 0. The minimum atomic E-state index is 0.0296. The highest BCUT2D eigenvalue weighted by Crippen LogP contribution is 2.25. The van der Waals surface area contributed by atoms with Crippen molar-refractivity contribution < 1.29 is 4.79 Å². The molecular formula is C16H30N2O. The SMILES string of the molecule is CC1CCCNC1C(=O)N[C@H](C)C1CCCCCC1. The normalized spacial score (nSPS) is 31.5. The lowest BCUT2D eigenvalue weighted by molar-refractivity contribution is -0.125. The Kier molecular flexibility index (Phi) is 5.68. The van der Waals surface area contributed by atoms with Gasteiger partial charge >= 0.3 is 0 Å². The van der Waals surface area contributed by atoms with E-state index in [9.17, 15) is 4.79 Å². The van der Waals surface area contributed by atoms with Gasteiger partial charge in [0.2, 0.25) is 5.91 Å². The fourth-order valence-corrected chi connectivity index (χ4v) is 3.64. The zero-order valence-corrected chi connectivity index (χ0v) is 12.6. The molecule has 0 aromatic heterocycles. The van der Waals surface area contributed by atoms with Crippen LogP contribution in [0.25, 0.3) is 0 Å². The highest BCUT2D eigenvalue weighted by Gasteiger charge is 2.29. The van der Waals surface area contributed by atoms with Gasteiger partial charge in [-0.3, -0.25) is 4.79 Å². The van der Waals surface area contributed by atoms with Crippen molar-refractivity contribution in [1.82, 2.24) is 10.6 Å². The van der Waals surface area contributed by atoms with Crippen LogP contribution >= 0.6 is 0 Å². The number of rotatable bonds is 3. The van der Waals surface area contributed by atoms with Crippen molar-refractivity contribution in [2.24, 2.45) is 11.8 Å². The van der Waals surface area contributed by atoms with Crippen LogP contribution < -0.4 is 10.6 Å². The van der Waals surface area contributed by atoms with Crippen LogP contribution in [0.4, 0.5) is 0 Å². The van der Waals surface area contributed by atoms with Gasteiger partial charge in [0, 0.05) is 6.04 Å². The Hall–Kier alpha value is -0.570. The third-order valence-electron chi connectivity index (χ3n) is 5.03. The molecule has 3 nitrogen and oxygen atoms in total.